The molecule has 0 aliphatic heterocycles. The summed E-state index contributed by atoms with van der Waals surface area (Å²) in [6.07, 6.45) is 2.18. The lowest BCUT2D eigenvalue weighted by molar-refractivity contribution is 0.953. The number of benzene rings is 7. The van der Waals surface area contributed by atoms with Crippen molar-refractivity contribution in [2.75, 3.05) is 0 Å². The van der Waals surface area contributed by atoms with Gasteiger partial charge in [-0.3, -0.25) is 4.57 Å². The lowest BCUT2D eigenvalue weighted by Crippen LogP contribution is -2.06. The molecule has 11 aromatic rings. The predicted octanol–water partition coefficient (Wildman–Crippen LogP) is 11.3. The molecule has 248 valence electrons. The molecule has 0 atom stereocenters. The van der Waals surface area contributed by atoms with Crippen molar-refractivity contribution in [1.82, 2.24) is 28.7 Å². The molecule has 0 N–H and O–H groups in total. The average molecular weight is 679 g/mol. The van der Waals surface area contributed by atoms with E-state index >= 15 is 0 Å². The Hall–Kier alpha value is -7.31. The van der Waals surface area contributed by atoms with Gasteiger partial charge in [0.25, 0.3) is 0 Å². The van der Waals surface area contributed by atoms with Crippen LogP contribution < -0.4 is 0 Å². The SMILES string of the molecule is c1ccc(-c2nc(-c3ccccc3)nc(-n3c4ccccc4c4cc(-n5c6ccccc6c6ccc7ccn(-c8ccccc8)c7c65)ccc43)n2)cc1. The molecule has 11 rings (SSSR count). The van der Waals surface area contributed by atoms with Gasteiger partial charge in [0, 0.05) is 55.6 Å². The minimum Gasteiger partial charge on any atom is -0.315 e. The molecule has 0 fully saturated rings. The molecular weight excluding hydrogens is 649 g/mol. The lowest BCUT2D eigenvalue weighted by Gasteiger charge is -2.13. The highest BCUT2D eigenvalue weighted by atomic mass is 15.2. The molecule has 0 radical (unpaired) electrons. The van der Waals surface area contributed by atoms with Crippen molar-refractivity contribution in [3.8, 4) is 40.1 Å². The summed E-state index contributed by atoms with van der Waals surface area (Å²) in [6.45, 7) is 0. The number of aromatic nitrogens is 6. The van der Waals surface area contributed by atoms with E-state index in [4.69, 9.17) is 15.0 Å². The fraction of sp³-hybridized carbons (Fsp3) is 0. The lowest BCUT2D eigenvalue weighted by atomic mass is 10.1. The van der Waals surface area contributed by atoms with E-state index in [1.54, 1.807) is 0 Å². The van der Waals surface area contributed by atoms with E-state index in [-0.39, 0.29) is 0 Å². The highest BCUT2D eigenvalue weighted by Gasteiger charge is 2.21. The Labute approximate surface area is 304 Å². The maximum Gasteiger partial charge on any atom is 0.238 e. The van der Waals surface area contributed by atoms with Crippen molar-refractivity contribution in [2.24, 2.45) is 0 Å². The molecule has 0 spiro atoms. The second-order valence-electron chi connectivity index (χ2n) is 13.3. The summed E-state index contributed by atoms with van der Waals surface area (Å²) in [5.74, 6) is 1.84. The summed E-state index contributed by atoms with van der Waals surface area (Å²) in [4.78, 5) is 15.2. The monoisotopic (exact) mass is 678 g/mol. The van der Waals surface area contributed by atoms with Gasteiger partial charge >= 0.3 is 0 Å². The van der Waals surface area contributed by atoms with Crippen LogP contribution in [0.5, 0.6) is 0 Å². The molecule has 4 heterocycles. The van der Waals surface area contributed by atoms with Crippen LogP contribution >= 0.6 is 0 Å². The van der Waals surface area contributed by atoms with Gasteiger partial charge in [0.15, 0.2) is 11.6 Å². The average Bonchev–Trinajstić information content (AvgIpc) is 3.92. The third-order valence-electron chi connectivity index (χ3n) is 10.3. The van der Waals surface area contributed by atoms with Crippen LogP contribution in [-0.4, -0.2) is 28.7 Å². The van der Waals surface area contributed by atoms with Gasteiger partial charge in [-0.25, -0.2) is 4.98 Å². The molecule has 0 saturated heterocycles. The number of hydrogen-bond acceptors (Lipinski definition) is 3. The number of nitrogens with zero attached hydrogens (tertiary/aromatic N) is 6. The number of para-hydroxylation sites is 3. The molecule has 0 saturated carbocycles. The van der Waals surface area contributed by atoms with E-state index in [0.29, 0.717) is 17.6 Å². The minimum absolute atomic E-state index is 0.580. The zero-order chi connectivity index (χ0) is 34.9. The van der Waals surface area contributed by atoms with Crippen LogP contribution in [-0.2, 0) is 0 Å². The van der Waals surface area contributed by atoms with Crippen LogP contribution in [0.4, 0.5) is 0 Å². The minimum atomic E-state index is 0.580. The summed E-state index contributed by atoms with van der Waals surface area (Å²) < 4.78 is 6.93. The molecule has 0 unspecified atom stereocenters. The molecule has 6 nitrogen and oxygen atoms in total. The van der Waals surface area contributed by atoms with Crippen molar-refractivity contribution >= 4 is 54.5 Å². The van der Waals surface area contributed by atoms with Gasteiger partial charge in [-0.2, -0.15) is 9.97 Å². The van der Waals surface area contributed by atoms with Crippen LogP contribution in [0.25, 0.3) is 94.6 Å². The van der Waals surface area contributed by atoms with Crippen LogP contribution in [0.15, 0.2) is 182 Å². The fourth-order valence-electron chi connectivity index (χ4n) is 7.96. The zero-order valence-electron chi connectivity index (χ0n) is 28.5. The van der Waals surface area contributed by atoms with Crippen LogP contribution in [0, 0.1) is 0 Å². The summed E-state index contributed by atoms with van der Waals surface area (Å²) in [5, 5.41) is 5.89. The van der Waals surface area contributed by atoms with E-state index in [9.17, 15) is 0 Å². The Kier molecular flexibility index (Phi) is 6.45. The molecule has 0 aliphatic carbocycles. The molecule has 7 aromatic carbocycles. The largest absolute Gasteiger partial charge is 0.315 e. The predicted molar refractivity (Wildman–Crippen MR) is 216 cm³/mol. The third kappa shape index (κ3) is 4.56. The Balaban J connectivity index is 1.19. The molecule has 0 amide bonds. The number of hydrogen-bond donors (Lipinski definition) is 0. The van der Waals surface area contributed by atoms with Gasteiger partial charge in [-0.1, -0.05) is 127 Å². The highest BCUT2D eigenvalue weighted by Crippen LogP contribution is 2.40. The first-order chi connectivity index (χ1) is 26.3. The maximum atomic E-state index is 5.13. The van der Waals surface area contributed by atoms with E-state index in [1.807, 2.05) is 60.7 Å². The molecule has 53 heavy (non-hydrogen) atoms. The molecule has 0 bridgehead atoms. The summed E-state index contributed by atoms with van der Waals surface area (Å²) in [6, 6.07) is 61.6. The fourth-order valence-corrected chi connectivity index (χ4v) is 7.96. The van der Waals surface area contributed by atoms with Crippen LogP contribution in [0.3, 0.4) is 0 Å². The first kappa shape index (κ1) is 29.4. The summed E-state index contributed by atoms with van der Waals surface area (Å²) in [7, 11) is 0. The first-order valence-corrected chi connectivity index (χ1v) is 17.8. The van der Waals surface area contributed by atoms with Gasteiger partial charge in [0.2, 0.25) is 5.95 Å². The first-order valence-electron chi connectivity index (χ1n) is 17.8. The van der Waals surface area contributed by atoms with Gasteiger partial charge < -0.3 is 9.13 Å². The van der Waals surface area contributed by atoms with E-state index in [2.05, 4.69) is 135 Å². The number of fused-ring (bicyclic) bond motifs is 8. The van der Waals surface area contributed by atoms with E-state index in [0.717, 1.165) is 49.8 Å². The van der Waals surface area contributed by atoms with Gasteiger partial charge in [0.1, 0.15) is 0 Å². The van der Waals surface area contributed by atoms with E-state index in [1.165, 1.54) is 27.2 Å². The molecule has 4 aromatic heterocycles. The Bertz CT molecular complexity index is 3100. The quantitative estimate of drug-likeness (QED) is 0.182. The zero-order valence-corrected chi connectivity index (χ0v) is 28.5. The second-order valence-corrected chi connectivity index (χ2v) is 13.3. The molecule has 0 aliphatic rings. The van der Waals surface area contributed by atoms with Crippen molar-refractivity contribution in [2.45, 2.75) is 0 Å². The van der Waals surface area contributed by atoms with Gasteiger partial charge in [-0.15, -0.1) is 0 Å². The standard InChI is InChI=1S/C47H30N6/c1-4-14-32(15-5-1)45-48-46(33-16-6-2-7-17-33)50-47(49-45)53-41-23-13-11-21-37(41)39-30-35(25-27-42(39)53)52-40-22-12-10-20-36(40)38-26-24-31-28-29-51(43(31)44(38)52)34-18-8-3-9-19-34/h1-30H. The molecule has 6 heteroatoms. The Morgan fingerprint density at radius 2 is 0.925 bits per heavy atom. The number of rotatable bonds is 5. The Morgan fingerprint density at radius 3 is 1.60 bits per heavy atom. The van der Waals surface area contributed by atoms with Crippen LogP contribution in [0.2, 0.25) is 0 Å². The van der Waals surface area contributed by atoms with E-state index < -0.39 is 0 Å². The van der Waals surface area contributed by atoms with Gasteiger partial charge in [-0.05, 0) is 48.5 Å². The third-order valence-corrected chi connectivity index (χ3v) is 10.3. The van der Waals surface area contributed by atoms with Crippen LogP contribution in [0.1, 0.15) is 0 Å². The van der Waals surface area contributed by atoms with Gasteiger partial charge in [0.05, 0.1) is 27.6 Å². The highest BCUT2D eigenvalue weighted by molar-refractivity contribution is 6.18. The smallest absolute Gasteiger partial charge is 0.238 e. The normalized spacial score (nSPS) is 11.8. The van der Waals surface area contributed by atoms with Crippen molar-refractivity contribution in [3.63, 3.8) is 0 Å². The van der Waals surface area contributed by atoms with Crippen molar-refractivity contribution < 1.29 is 0 Å². The molecular formula is C47H30N6. The topological polar surface area (TPSA) is 53.5 Å². The second kappa shape index (κ2) is 11.6. The summed E-state index contributed by atoms with van der Waals surface area (Å²) in [5.41, 5.74) is 9.68. The Morgan fingerprint density at radius 1 is 0.358 bits per heavy atom. The van der Waals surface area contributed by atoms with Crippen molar-refractivity contribution in [1.29, 1.82) is 0 Å². The summed E-state index contributed by atoms with van der Waals surface area (Å²) >= 11 is 0. The maximum absolute atomic E-state index is 5.13. The van der Waals surface area contributed by atoms with Crippen molar-refractivity contribution in [3.05, 3.63) is 182 Å².